The van der Waals surface area contributed by atoms with Gasteiger partial charge in [0.15, 0.2) is 5.75 Å². The Morgan fingerprint density at radius 2 is 1.71 bits per heavy atom. The minimum atomic E-state index is -0.334. The maximum Gasteiger partial charge on any atom is 0.415 e. The van der Waals surface area contributed by atoms with Crippen LogP contribution in [0.1, 0.15) is 44.9 Å². The molecule has 1 saturated carbocycles. The van der Waals surface area contributed by atoms with Crippen LogP contribution in [-0.4, -0.2) is 41.8 Å². The molecule has 0 bridgehead atoms. The lowest BCUT2D eigenvalue weighted by atomic mass is 9.90. The minimum Gasteiger partial charge on any atom is -0.493 e. The van der Waals surface area contributed by atoms with Crippen LogP contribution < -0.4 is 14.2 Å². The molecule has 0 unspecified atom stereocenters. The van der Waals surface area contributed by atoms with Crippen LogP contribution in [0.15, 0.2) is 48.8 Å². The maximum absolute atomic E-state index is 12.3. The highest BCUT2D eigenvalue weighted by atomic mass is 35.5. The van der Waals surface area contributed by atoms with Crippen LogP contribution in [0.4, 0.5) is 4.79 Å². The van der Waals surface area contributed by atoms with E-state index < -0.39 is 0 Å². The first-order valence-electron chi connectivity index (χ1n) is 11.0. The van der Waals surface area contributed by atoms with Crippen molar-refractivity contribution in [1.29, 1.82) is 0 Å². The first kappa shape index (κ1) is 23.2. The summed E-state index contributed by atoms with van der Waals surface area (Å²) in [6.07, 6.45) is 11.0. The number of rotatable bonds is 6. The average Bonchev–Trinajstić information content (AvgIpc) is 2.80. The summed E-state index contributed by atoms with van der Waals surface area (Å²) in [7, 11) is 0. The molecule has 2 aromatic rings. The summed E-state index contributed by atoms with van der Waals surface area (Å²) in [5, 5.41) is 0. The van der Waals surface area contributed by atoms with Gasteiger partial charge >= 0.3 is 6.09 Å². The lowest BCUT2D eigenvalue weighted by molar-refractivity contribution is 0.0927. The fourth-order valence-electron chi connectivity index (χ4n) is 4.13. The third kappa shape index (κ3) is 7.03. The first-order chi connectivity index (χ1) is 14.8. The van der Waals surface area contributed by atoms with Gasteiger partial charge in [-0.3, -0.25) is 4.98 Å². The van der Waals surface area contributed by atoms with Gasteiger partial charge in [0.05, 0.1) is 12.8 Å². The number of pyridine rings is 1. The Kier molecular flexibility index (Phi) is 8.83. The zero-order valence-electron chi connectivity index (χ0n) is 17.8. The van der Waals surface area contributed by atoms with E-state index in [1.54, 1.807) is 23.2 Å². The summed E-state index contributed by atoms with van der Waals surface area (Å²) in [5.41, 5.74) is 0. The minimum absolute atomic E-state index is 0. The molecule has 7 heteroatoms. The van der Waals surface area contributed by atoms with E-state index in [0.717, 1.165) is 30.9 Å². The summed E-state index contributed by atoms with van der Waals surface area (Å²) in [6, 6.07) is 11.4. The fraction of sp³-hybridized carbons (Fsp3) is 0.500. The van der Waals surface area contributed by atoms with Gasteiger partial charge in [-0.15, -0.1) is 12.4 Å². The molecular weight excluding hydrogens is 416 g/mol. The zero-order chi connectivity index (χ0) is 20.6. The average molecular weight is 447 g/mol. The number of carbonyl (C=O) groups excluding carboxylic acids is 1. The van der Waals surface area contributed by atoms with Crippen LogP contribution in [0.2, 0.25) is 0 Å². The van der Waals surface area contributed by atoms with Crippen LogP contribution in [0.3, 0.4) is 0 Å². The van der Waals surface area contributed by atoms with Crippen LogP contribution in [0.25, 0.3) is 0 Å². The van der Waals surface area contributed by atoms with Crippen molar-refractivity contribution in [3.05, 3.63) is 48.8 Å². The van der Waals surface area contributed by atoms with Gasteiger partial charge in [0, 0.05) is 38.2 Å². The van der Waals surface area contributed by atoms with Crippen molar-refractivity contribution in [3.63, 3.8) is 0 Å². The molecule has 1 saturated heterocycles. The number of piperidine rings is 1. The summed E-state index contributed by atoms with van der Waals surface area (Å²) < 4.78 is 17.6. The topological polar surface area (TPSA) is 60.9 Å². The van der Waals surface area contributed by atoms with Gasteiger partial charge in [0.25, 0.3) is 0 Å². The number of likely N-dealkylation sites (tertiary alicyclic amines) is 1. The van der Waals surface area contributed by atoms with E-state index in [2.05, 4.69) is 4.98 Å². The van der Waals surface area contributed by atoms with Gasteiger partial charge in [0.1, 0.15) is 17.6 Å². The van der Waals surface area contributed by atoms with E-state index in [9.17, 15) is 4.79 Å². The molecule has 1 aliphatic heterocycles. The second-order valence-electron chi connectivity index (χ2n) is 8.15. The monoisotopic (exact) mass is 446 g/mol. The van der Waals surface area contributed by atoms with Crippen molar-refractivity contribution >= 4 is 18.5 Å². The van der Waals surface area contributed by atoms with E-state index in [-0.39, 0.29) is 24.6 Å². The number of hydrogen-bond donors (Lipinski definition) is 0. The molecule has 168 valence electrons. The highest BCUT2D eigenvalue weighted by Gasteiger charge is 2.25. The first-order valence-corrected chi connectivity index (χ1v) is 11.0. The number of carbonyl (C=O) groups is 1. The van der Waals surface area contributed by atoms with Crippen molar-refractivity contribution in [1.82, 2.24) is 9.88 Å². The molecule has 0 atom stereocenters. The van der Waals surface area contributed by atoms with Gasteiger partial charge < -0.3 is 19.1 Å². The Labute approximate surface area is 190 Å². The highest BCUT2D eigenvalue weighted by molar-refractivity contribution is 5.85. The van der Waals surface area contributed by atoms with E-state index in [4.69, 9.17) is 14.2 Å². The zero-order valence-corrected chi connectivity index (χ0v) is 18.6. The van der Waals surface area contributed by atoms with Crippen molar-refractivity contribution in [2.24, 2.45) is 5.92 Å². The molecule has 6 nitrogen and oxygen atoms in total. The van der Waals surface area contributed by atoms with Gasteiger partial charge in [-0.1, -0.05) is 25.3 Å². The van der Waals surface area contributed by atoms with E-state index in [0.29, 0.717) is 24.8 Å². The third-order valence-electron chi connectivity index (χ3n) is 5.86. The Balaban J connectivity index is 0.00000272. The second-order valence-corrected chi connectivity index (χ2v) is 8.15. The standard InChI is InChI=1S/C24H30N2O4.ClH/c27-24(30-23-10-5-13-25-17-23)26-14-11-20(12-15-26)29-22-9-4-8-21(16-22)28-18-19-6-2-1-3-7-19;/h4-5,8-10,13,16-17,19-20H,1-3,6-7,11-12,14-15,18H2;1H. The number of hydrogen-bond acceptors (Lipinski definition) is 5. The molecule has 1 amide bonds. The molecule has 2 heterocycles. The van der Waals surface area contributed by atoms with Gasteiger partial charge in [-0.2, -0.15) is 0 Å². The predicted octanol–water partition coefficient (Wildman–Crippen LogP) is 5.50. The summed E-state index contributed by atoms with van der Waals surface area (Å²) in [6.45, 7) is 2.02. The molecule has 1 aromatic carbocycles. The maximum atomic E-state index is 12.3. The smallest absolute Gasteiger partial charge is 0.415 e. The van der Waals surface area contributed by atoms with E-state index in [1.165, 1.54) is 38.3 Å². The number of benzene rings is 1. The van der Waals surface area contributed by atoms with E-state index in [1.807, 2.05) is 24.3 Å². The van der Waals surface area contributed by atoms with Gasteiger partial charge in [-0.25, -0.2) is 4.79 Å². The Morgan fingerprint density at radius 1 is 0.968 bits per heavy atom. The Bertz CT molecular complexity index is 806. The molecule has 0 radical (unpaired) electrons. The molecule has 2 fully saturated rings. The quantitative estimate of drug-likeness (QED) is 0.585. The Hall–Kier alpha value is -2.47. The largest absolute Gasteiger partial charge is 0.493 e. The number of ether oxygens (including phenoxy) is 3. The fourth-order valence-corrected chi connectivity index (χ4v) is 4.13. The second kappa shape index (κ2) is 11.8. The van der Waals surface area contributed by atoms with Crippen LogP contribution in [0.5, 0.6) is 17.2 Å². The molecule has 1 aliphatic carbocycles. The number of amides is 1. The summed E-state index contributed by atoms with van der Waals surface area (Å²) in [4.78, 5) is 18.0. The lowest BCUT2D eigenvalue weighted by Crippen LogP contribution is -2.43. The molecule has 4 rings (SSSR count). The molecule has 0 spiro atoms. The normalized spacial score (nSPS) is 17.5. The van der Waals surface area contributed by atoms with Crippen LogP contribution in [-0.2, 0) is 0 Å². The van der Waals surface area contributed by atoms with Crippen molar-refractivity contribution in [3.8, 4) is 17.2 Å². The predicted molar refractivity (Wildman–Crippen MR) is 121 cm³/mol. The molecule has 0 N–H and O–H groups in total. The molecule has 2 aliphatic rings. The number of nitrogens with zero attached hydrogens (tertiary/aromatic N) is 2. The van der Waals surface area contributed by atoms with Crippen LogP contribution >= 0.6 is 12.4 Å². The van der Waals surface area contributed by atoms with Crippen LogP contribution in [0, 0.1) is 5.92 Å². The lowest BCUT2D eigenvalue weighted by Gasteiger charge is -2.31. The number of aromatic nitrogens is 1. The molecule has 31 heavy (non-hydrogen) atoms. The van der Waals surface area contributed by atoms with E-state index >= 15 is 0 Å². The molecule has 1 aromatic heterocycles. The van der Waals surface area contributed by atoms with Gasteiger partial charge in [0.2, 0.25) is 0 Å². The Morgan fingerprint density at radius 3 is 2.45 bits per heavy atom. The third-order valence-corrected chi connectivity index (χ3v) is 5.86. The number of halogens is 1. The van der Waals surface area contributed by atoms with Crippen molar-refractivity contribution in [2.45, 2.75) is 51.0 Å². The summed E-state index contributed by atoms with van der Waals surface area (Å²) in [5.74, 6) is 2.84. The van der Waals surface area contributed by atoms with Crippen molar-refractivity contribution in [2.75, 3.05) is 19.7 Å². The summed E-state index contributed by atoms with van der Waals surface area (Å²) >= 11 is 0. The van der Waals surface area contributed by atoms with Crippen molar-refractivity contribution < 1.29 is 19.0 Å². The SMILES string of the molecule is Cl.O=C(Oc1cccnc1)N1CCC(Oc2cccc(OCC3CCCCC3)c2)CC1. The van der Waals surface area contributed by atoms with Gasteiger partial charge in [-0.05, 0) is 43.0 Å². The molecular formula is C24H31ClN2O4. The highest BCUT2D eigenvalue weighted by Crippen LogP contribution is 2.27.